The van der Waals surface area contributed by atoms with E-state index in [1.165, 1.54) is 6.07 Å². The molecule has 0 saturated carbocycles. The van der Waals surface area contributed by atoms with Crippen LogP contribution in [0, 0.1) is 5.92 Å². The van der Waals surface area contributed by atoms with Crippen LogP contribution in [-0.2, 0) is 11.3 Å². The Morgan fingerprint density at radius 1 is 1.38 bits per heavy atom. The lowest BCUT2D eigenvalue weighted by molar-refractivity contribution is -0.153. The summed E-state index contributed by atoms with van der Waals surface area (Å²) in [5.41, 5.74) is 0.632. The van der Waals surface area contributed by atoms with Gasteiger partial charge in [-0.05, 0) is 19.0 Å². The summed E-state index contributed by atoms with van der Waals surface area (Å²) in [6.45, 7) is 0.0765. The summed E-state index contributed by atoms with van der Waals surface area (Å²) in [5, 5.41) is 8.95. The van der Waals surface area contributed by atoms with Crippen LogP contribution in [0.5, 0.6) is 5.75 Å². The van der Waals surface area contributed by atoms with Crippen LogP contribution < -0.4 is 4.74 Å². The number of benzene rings is 1. The van der Waals surface area contributed by atoms with Gasteiger partial charge in [0.15, 0.2) is 6.61 Å². The summed E-state index contributed by atoms with van der Waals surface area (Å²) >= 11 is 0. The van der Waals surface area contributed by atoms with Crippen molar-refractivity contribution in [2.24, 2.45) is 5.92 Å². The van der Waals surface area contributed by atoms with Crippen LogP contribution in [0.3, 0.4) is 0 Å². The van der Waals surface area contributed by atoms with Gasteiger partial charge in [-0.25, -0.2) is 0 Å². The smallest absolute Gasteiger partial charge is 0.422 e. The minimum Gasteiger partial charge on any atom is -0.484 e. The van der Waals surface area contributed by atoms with Crippen molar-refractivity contribution in [2.75, 3.05) is 19.7 Å². The van der Waals surface area contributed by atoms with E-state index in [0.717, 1.165) is 0 Å². The maximum Gasteiger partial charge on any atom is 0.422 e. The van der Waals surface area contributed by atoms with Crippen LogP contribution >= 0.6 is 0 Å². The molecule has 1 saturated heterocycles. The van der Waals surface area contributed by atoms with Gasteiger partial charge in [-0.15, -0.1) is 0 Å². The topological polar surface area (TPSA) is 49.8 Å². The molecule has 7 heteroatoms. The summed E-state index contributed by atoms with van der Waals surface area (Å²) in [6, 6.07) is 6.52. The van der Waals surface area contributed by atoms with Gasteiger partial charge in [-0.2, -0.15) is 13.2 Å². The molecule has 0 radical (unpaired) electrons. The van der Waals surface area contributed by atoms with Gasteiger partial charge in [0.1, 0.15) is 5.75 Å². The highest BCUT2D eigenvalue weighted by atomic mass is 19.4. The van der Waals surface area contributed by atoms with Crippen LogP contribution in [0.25, 0.3) is 0 Å². The minimum absolute atomic E-state index is 0.189. The molecule has 2 rings (SSSR count). The number of carbonyl (C=O) groups is 1. The van der Waals surface area contributed by atoms with Crippen molar-refractivity contribution in [2.45, 2.75) is 19.1 Å². The van der Waals surface area contributed by atoms with Gasteiger partial charge in [0.05, 0.1) is 5.92 Å². The second-order valence-electron chi connectivity index (χ2n) is 5.07. The Kier molecular flexibility index (Phi) is 4.72. The molecule has 1 unspecified atom stereocenters. The fourth-order valence-corrected chi connectivity index (χ4v) is 2.35. The molecule has 1 N–H and O–H groups in total. The molecule has 0 amide bonds. The van der Waals surface area contributed by atoms with Crippen molar-refractivity contribution in [3.05, 3.63) is 29.8 Å². The van der Waals surface area contributed by atoms with E-state index in [9.17, 15) is 18.0 Å². The lowest BCUT2D eigenvalue weighted by Gasteiger charge is -2.18. The molecule has 1 aliphatic heterocycles. The number of hydrogen-bond acceptors (Lipinski definition) is 3. The first-order valence-electron chi connectivity index (χ1n) is 6.58. The molecule has 4 nitrogen and oxygen atoms in total. The number of halogens is 3. The van der Waals surface area contributed by atoms with E-state index in [-0.39, 0.29) is 5.75 Å². The largest absolute Gasteiger partial charge is 0.484 e. The van der Waals surface area contributed by atoms with Gasteiger partial charge in [0.2, 0.25) is 0 Å². The number of likely N-dealkylation sites (tertiary alicyclic amines) is 1. The SMILES string of the molecule is O=C(O)C1CCN(Cc2ccccc2OCC(F)(F)F)C1. The van der Waals surface area contributed by atoms with Gasteiger partial charge < -0.3 is 9.84 Å². The summed E-state index contributed by atoms with van der Waals surface area (Å²) in [7, 11) is 0. The summed E-state index contributed by atoms with van der Waals surface area (Å²) in [6.07, 6.45) is -3.82. The predicted octanol–water partition coefficient (Wildman–Crippen LogP) is 2.53. The third-order valence-electron chi connectivity index (χ3n) is 3.38. The van der Waals surface area contributed by atoms with E-state index in [0.29, 0.717) is 31.6 Å². The number of para-hydroxylation sites is 1. The molecule has 1 atom stereocenters. The van der Waals surface area contributed by atoms with Crippen molar-refractivity contribution in [1.29, 1.82) is 0 Å². The highest BCUT2D eigenvalue weighted by molar-refractivity contribution is 5.70. The number of nitrogens with zero attached hydrogens (tertiary/aromatic N) is 1. The number of alkyl halides is 3. The fourth-order valence-electron chi connectivity index (χ4n) is 2.35. The first kappa shape index (κ1) is 15.6. The van der Waals surface area contributed by atoms with Crippen LogP contribution in [0.1, 0.15) is 12.0 Å². The molecule has 1 heterocycles. The Morgan fingerprint density at radius 3 is 2.71 bits per heavy atom. The van der Waals surface area contributed by atoms with Crippen molar-refractivity contribution < 1.29 is 27.8 Å². The number of carboxylic acid groups (broad SMARTS) is 1. The number of hydrogen-bond donors (Lipinski definition) is 1. The normalized spacial score (nSPS) is 19.7. The summed E-state index contributed by atoms with van der Waals surface area (Å²) < 4.78 is 41.5. The van der Waals surface area contributed by atoms with Crippen LogP contribution in [0.2, 0.25) is 0 Å². The van der Waals surface area contributed by atoms with E-state index < -0.39 is 24.7 Å². The minimum atomic E-state index is -4.38. The molecule has 116 valence electrons. The molecule has 1 aromatic carbocycles. The zero-order valence-corrected chi connectivity index (χ0v) is 11.3. The van der Waals surface area contributed by atoms with E-state index in [1.807, 2.05) is 4.90 Å². The van der Waals surface area contributed by atoms with E-state index in [4.69, 9.17) is 9.84 Å². The number of aliphatic carboxylic acids is 1. The highest BCUT2D eigenvalue weighted by Gasteiger charge is 2.30. The number of carboxylic acids is 1. The Balaban J connectivity index is 1.99. The molecule has 0 aliphatic carbocycles. The van der Waals surface area contributed by atoms with Gasteiger partial charge in [-0.1, -0.05) is 18.2 Å². The third-order valence-corrected chi connectivity index (χ3v) is 3.38. The third kappa shape index (κ3) is 4.63. The molecule has 0 aromatic heterocycles. The monoisotopic (exact) mass is 303 g/mol. The highest BCUT2D eigenvalue weighted by Crippen LogP contribution is 2.25. The maximum absolute atomic E-state index is 12.2. The average Bonchev–Trinajstić information content (AvgIpc) is 2.85. The van der Waals surface area contributed by atoms with Gasteiger partial charge in [0.25, 0.3) is 0 Å². The second kappa shape index (κ2) is 6.34. The first-order valence-corrected chi connectivity index (χ1v) is 6.58. The molecule has 0 bridgehead atoms. The van der Waals surface area contributed by atoms with Crippen molar-refractivity contribution in [3.8, 4) is 5.75 Å². The van der Waals surface area contributed by atoms with Gasteiger partial charge in [0, 0.05) is 18.7 Å². The van der Waals surface area contributed by atoms with Gasteiger partial charge in [-0.3, -0.25) is 9.69 Å². The van der Waals surface area contributed by atoms with Crippen LogP contribution in [-0.4, -0.2) is 41.8 Å². The molecule has 1 aromatic rings. The quantitative estimate of drug-likeness (QED) is 0.908. The summed E-state index contributed by atoms with van der Waals surface area (Å²) in [4.78, 5) is 12.8. The zero-order valence-electron chi connectivity index (χ0n) is 11.3. The zero-order chi connectivity index (χ0) is 15.5. The van der Waals surface area contributed by atoms with Crippen LogP contribution in [0.4, 0.5) is 13.2 Å². The van der Waals surface area contributed by atoms with E-state index in [1.54, 1.807) is 18.2 Å². The standard InChI is InChI=1S/C14H16F3NO3/c15-14(16,17)9-21-12-4-2-1-3-10(12)7-18-6-5-11(8-18)13(19)20/h1-4,11H,5-9H2,(H,19,20). The lowest BCUT2D eigenvalue weighted by Crippen LogP contribution is -2.24. The molecule has 1 aliphatic rings. The second-order valence-corrected chi connectivity index (χ2v) is 5.07. The lowest BCUT2D eigenvalue weighted by atomic mass is 10.1. The summed E-state index contributed by atoms with van der Waals surface area (Å²) in [5.74, 6) is -1.05. The average molecular weight is 303 g/mol. The Morgan fingerprint density at radius 2 is 2.10 bits per heavy atom. The van der Waals surface area contributed by atoms with Crippen molar-refractivity contribution >= 4 is 5.97 Å². The van der Waals surface area contributed by atoms with Crippen molar-refractivity contribution in [3.63, 3.8) is 0 Å². The van der Waals surface area contributed by atoms with Gasteiger partial charge >= 0.3 is 12.1 Å². The fraction of sp³-hybridized carbons (Fsp3) is 0.500. The van der Waals surface area contributed by atoms with E-state index >= 15 is 0 Å². The maximum atomic E-state index is 12.2. The molecule has 21 heavy (non-hydrogen) atoms. The number of rotatable bonds is 5. The molecule has 0 spiro atoms. The van der Waals surface area contributed by atoms with Crippen molar-refractivity contribution in [1.82, 2.24) is 4.90 Å². The molecular weight excluding hydrogens is 287 g/mol. The Hall–Kier alpha value is -1.76. The molecular formula is C14H16F3NO3. The Labute approximate surface area is 120 Å². The molecule has 1 fully saturated rings. The Bertz CT molecular complexity index is 504. The number of ether oxygens (including phenoxy) is 1. The first-order chi connectivity index (χ1) is 9.85. The van der Waals surface area contributed by atoms with E-state index in [2.05, 4.69) is 0 Å². The predicted molar refractivity (Wildman–Crippen MR) is 69.0 cm³/mol. The van der Waals surface area contributed by atoms with Crippen LogP contribution in [0.15, 0.2) is 24.3 Å².